The van der Waals surface area contributed by atoms with Crippen LogP contribution in [-0.4, -0.2) is 159 Å². The highest BCUT2D eigenvalue weighted by Crippen LogP contribution is 2.44. The topological polar surface area (TPSA) is 308 Å². The highest BCUT2D eigenvalue weighted by Gasteiger charge is 2.47. The number of nitrogens with two attached hydrogens (primary N) is 4. The molecule has 2 amide bonds. The van der Waals surface area contributed by atoms with Crippen molar-refractivity contribution >= 4 is 58.6 Å². The molecule has 0 spiro atoms. The molecule has 2 atom stereocenters. The summed E-state index contributed by atoms with van der Waals surface area (Å²) in [7, 11) is 0. The Kier molecular flexibility index (Phi) is 22.0. The lowest BCUT2D eigenvalue weighted by Gasteiger charge is -2.29. The standard InChI is InChI=1S/C42H48F12N8O12/c43-39(44,45)35(67)71-19-17-61(33(65)21(57)5-1-3-11-55)15-13-59-23-7-8-24(60-14-16-62(18-20-72-36(68)40(46,47)48)34(66)22(58)6-2-4-12-56)28-27(23)31(63)29-25(73-37(69)41(49,50)51)9-10-26(30(29)32(28)64)74-38(70)42(52,53)54/h7-10,21-22,59-60H,1-6,11-20,55-58H2/t21-,22-/m0/s1. The first-order valence-electron chi connectivity index (χ1n) is 21.8. The van der Waals surface area contributed by atoms with Crippen molar-refractivity contribution in [3.63, 3.8) is 0 Å². The lowest BCUT2D eigenvalue weighted by atomic mass is 9.81. The number of carbonyl (C=O) groups excluding carboxylic acids is 8. The van der Waals surface area contributed by atoms with Crippen LogP contribution in [0, 0.1) is 0 Å². The van der Waals surface area contributed by atoms with Gasteiger partial charge >= 0.3 is 48.6 Å². The molecule has 0 radical (unpaired) electrons. The number of anilines is 2. The normalized spacial score (nSPS) is 13.5. The maximum Gasteiger partial charge on any atom is 0.491 e. The monoisotopic (exact) mass is 1080 g/mol. The van der Waals surface area contributed by atoms with E-state index in [-0.39, 0.29) is 25.9 Å². The number of nitrogens with one attached hydrogen (secondary N) is 2. The molecule has 20 nitrogen and oxygen atoms in total. The van der Waals surface area contributed by atoms with Crippen LogP contribution in [0.5, 0.6) is 11.5 Å². The number of alkyl halides is 12. The van der Waals surface area contributed by atoms with Crippen LogP contribution in [-0.2, 0) is 38.2 Å². The van der Waals surface area contributed by atoms with E-state index in [4.69, 9.17) is 22.9 Å². The molecule has 1 aliphatic carbocycles. The van der Waals surface area contributed by atoms with Crippen molar-refractivity contribution in [2.45, 2.75) is 75.3 Å². The fourth-order valence-corrected chi connectivity index (χ4v) is 6.83. The van der Waals surface area contributed by atoms with Crippen LogP contribution < -0.4 is 43.0 Å². The molecule has 74 heavy (non-hydrogen) atoms. The van der Waals surface area contributed by atoms with Crippen molar-refractivity contribution in [1.29, 1.82) is 0 Å². The van der Waals surface area contributed by atoms with Crippen molar-refractivity contribution in [3.05, 3.63) is 46.5 Å². The van der Waals surface area contributed by atoms with E-state index in [2.05, 4.69) is 29.6 Å². The minimum absolute atomic E-state index is 0.0147. The maximum atomic E-state index is 14.6. The highest BCUT2D eigenvalue weighted by molar-refractivity contribution is 6.33. The van der Waals surface area contributed by atoms with Gasteiger partial charge in [-0.2, -0.15) is 52.7 Å². The molecule has 0 aromatic heterocycles. The zero-order valence-corrected chi connectivity index (χ0v) is 38.4. The van der Waals surface area contributed by atoms with Gasteiger partial charge in [0.2, 0.25) is 23.4 Å². The lowest BCUT2D eigenvalue weighted by molar-refractivity contribution is -0.200. The number of carbonyl (C=O) groups is 8. The van der Waals surface area contributed by atoms with Crippen LogP contribution in [0.3, 0.4) is 0 Å². The molecule has 3 rings (SSSR count). The van der Waals surface area contributed by atoms with E-state index in [9.17, 15) is 91.0 Å². The summed E-state index contributed by atoms with van der Waals surface area (Å²) >= 11 is 0. The van der Waals surface area contributed by atoms with Gasteiger partial charge in [-0.1, -0.05) is 12.8 Å². The third-order valence-electron chi connectivity index (χ3n) is 10.4. The summed E-state index contributed by atoms with van der Waals surface area (Å²) < 4.78 is 175. The van der Waals surface area contributed by atoms with Crippen molar-refractivity contribution in [1.82, 2.24) is 9.80 Å². The Morgan fingerprint density at radius 3 is 1.11 bits per heavy atom. The van der Waals surface area contributed by atoms with Gasteiger partial charge in [-0.15, -0.1) is 0 Å². The number of benzene rings is 2. The molecular weight excluding hydrogens is 1040 g/mol. The zero-order chi connectivity index (χ0) is 55.9. The largest absolute Gasteiger partial charge is 0.491 e. The smallest absolute Gasteiger partial charge is 0.457 e. The number of fused-ring (bicyclic) bond motifs is 2. The van der Waals surface area contributed by atoms with Gasteiger partial charge in [0.25, 0.3) is 0 Å². The van der Waals surface area contributed by atoms with Crippen LogP contribution in [0.25, 0.3) is 0 Å². The molecule has 0 bridgehead atoms. The molecular formula is C42H48F12N8O12. The van der Waals surface area contributed by atoms with Crippen molar-refractivity contribution < 1.29 is 110 Å². The van der Waals surface area contributed by atoms with Gasteiger partial charge in [-0.05, 0) is 63.0 Å². The van der Waals surface area contributed by atoms with Crippen LogP contribution >= 0.6 is 0 Å². The first kappa shape index (κ1) is 61.5. The molecule has 0 heterocycles. The lowest BCUT2D eigenvalue weighted by Crippen LogP contribution is -2.47. The fraction of sp³-hybridized carbons (Fsp3) is 0.524. The Morgan fingerprint density at radius 1 is 0.486 bits per heavy atom. The molecule has 2 aromatic carbocycles. The predicted molar refractivity (Wildman–Crippen MR) is 229 cm³/mol. The molecule has 0 saturated heterocycles. The molecule has 0 fully saturated rings. The molecule has 0 unspecified atom stereocenters. The van der Waals surface area contributed by atoms with Crippen molar-refractivity contribution in [2.24, 2.45) is 22.9 Å². The first-order valence-corrected chi connectivity index (χ1v) is 21.8. The second-order valence-corrected chi connectivity index (χ2v) is 15.7. The van der Waals surface area contributed by atoms with Crippen LogP contribution in [0.2, 0.25) is 0 Å². The van der Waals surface area contributed by atoms with Crippen LogP contribution in [0.4, 0.5) is 64.1 Å². The summed E-state index contributed by atoms with van der Waals surface area (Å²) in [6.45, 7) is -5.28. The van der Waals surface area contributed by atoms with Crippen molar-refractivity contribution in [2.75, 3.05) is 76.2 Å². The summed E-state index contributed by atoms with van der Waals surface area (Å²) in [5, 5.41) is 5.28. The number of ketones is 2. The minimum atomic E-state index is -5.79. The average molecular weight is 1080 g/mol. The van der Waals surface area contributed by atoms with Gasteiger partial charge < -0.3 is 62.3 Å². The third kappa shape index (κ3) is 17.1. The number of hydrogen-bond donors (Lipinski definition) is 6. The van der Waals surface area contributed by atoms with E-state index in [0.717, 1.165) is 21.9 Å². The summed E-state index contributed by atoms with van der Waals surface area (Å²) in [4.78, 5) is 105. The third-order valence-corrected chi connectivity index (χ3v) is 10.4. The van der Waals surface area contributed by atoms with Gasteiger partial charge in [0.1, 0.15) is 24.7 Å². The molecule has 32 heteroatoms. The molecule has 412 valence electrons. The van der Waals surface area contributed by atoms with Crippen molar-refractivity contribution in [3.8, 4) is 11.5 Å². The second-order valence-electron chi connectivity index (χ2n) is 15.7. The molecule has 10 N–H and O–H groups in total. The number of amides is 2. The summed E-state index contributed by atoms with van der Waals surface area (Å²) in [6, 6.07) is 0.0400. The van der Waals surface area contributed by atoms with Crippen LogP contribution in [0.1, 0.15) is 70.4 Å². The molecule has 1 aliphatic rings. The average Bonchev–Trinajstić information content (AvgIpc) is 3.30. The molecule has 2 aromatic rings. The van der Waals surface area contributed by atoms with E-state index in [1.807, 2.05) is 0 Å². The summed E-state index contributed by atoms with van der Waals surface area (Å²) in [5.41, 5.74) is 17.6. The van der Waals surface area contributed by atoms with E-state index < -0.39 is 182 Å². The Balaban J connectivity index is 2.19. The number of unbranched alkanes of at least 4 members (excludes halogenated alkanes) is 2. The number of esters is 4. The number of rotatable bonds is 26. The molecule has 0 saturated carbocycles. The van der Waals surface area contributed by atoms with E-state index in [1.54, 1.807) is 0 Å². The van der Waals surface area contributed by atoms with E-state index in [1.165, 1.54) is 0 Å². The second kappa shape index (κ2) is 26.4. The Morgan fingerprint density at radius 2 is 0.811 bits per heavy atom. The molecule has 0 aliphatic heterocycles. The van der Waals surface area contributed by atoms with Gasteiger partial charge in [0.15, 0.2) is 0 Å². The van der Waals surface area contributed by atoms with Gasteiger partial charge in [-0.3, -0.25) is 19.2 Å². The fourth-order valence-electron chi connectivity index (χ4n) is 6.83. The zero-order valence-electron chi connectivity index (χ0n) is 38.4. The van der Waals surface area contributed by atoms with E-state index >= 15 is 0 Å². The number of halogens is 12. The van der Waals surface area contributed by atoms with Gasteiger partial charge in [0, 0.05) is 37.6 Å². The Hall–Kier alpha value is -6.80. The number of nitrogens with zero attached hydrogens (tertiary/aromatic N) is 2. The number of ether oxygens (including phenoxy) is 4. The Labute approximate surface area is 410 Å². The SMILES string of the molecule is NCCCC[C@H](N)C(=O)N(CCNc1ccc(NCCN(CCOC(=O)C(F)(F)F)C(=O)[C@@H](N)CCCCN)c2c1C(=O)c1c(OC(=O)C(F)(F)F)ccc(OC(=O)C(F)(F)F)c1C2=O)CCOC(=O)C(F)(F)F. The van der Waals surface area contributed by atoms with Gasteiger partial charge in [0.05, 0.1) is 47.4 Å². The van der Waals surface area contributed by atoms with Crippen LogP contribution in [0.15, 0.2) is 24.3 Å². The minimum Gasteiger partial charge on any atom is -0.457 e. The first-order chi connectivity index (χ1) is 34.4. The van der Waals surface area contributed by atoms with Gasteiger partial charge in [-0.25, -0.2) is 19.2 Å². The van der Waals surface area contributed by atoms with E-state index in [0.29, 0.717) is 37.8 Å². The summed E-state index contributed by atoms with van der Waals surface area (Å²) in [6.07, 6.45) is -21.0. The highest BCUT2D eigenvalue weighted by atomic mass is 19.4. The maximum absolute atomic E-state index is 14.6. The summed E-state index contributed by atoms with van der Waals surface area (Å²) in [5.74, 6) is -19.0. The predicted octanol–water partition coefficient (Wildman–Crippen LogP) is 3.00. The number of hydrogen-bond acceptors (Lipinski definition) is 18. The quantitative estimate of drug-likeness (QED) is 0.0291. The Bertz CT molecular complexity index is 2220.